The monoisotopic (exact) mass is 604 g/mol. The lowest BCUT2D eigenvalue weighted by atomic mass is 9.75. The van der Waals surface area contributed by atoms with Crippen LogP contribution in [0, 0.1) is 0 Å². The van der Waals surface area contributed by atoms with Gasteiger partial charge in [-0.2, -0.15) is 0 Å². The van der Waals surface area contributed by atoms with E-state index in [1.54, 1.807) is 0 Å². The number of rotatable bonds is 5. The van der Waals surface area contributed by atoms with Crippen molar-refractivity contribution in [3.63, 3.8) is 0 Å². The van der Waals surface area contributed by atoms with E-state index in [1.165, 1.54) is 38.6 Å². The zero-order valence-corrected chi connectivity index (χ0v) is 26.3. The largest absolute Gasteiger partial charge is 0.310 e. The van der Waals surface area contributed by atoms with E-state index in [4.69, 9.17) is 0 Å². The van der Waals surface area contributed by atoms with Crippen LogP contribution in [-0.2, 0) is 5.41 Å². The van der Waals surface area contributed by atoms with Gasteiger partial charge in [0.2, 0.25) is 0 Å². The highest BCUT2D eigenvalue weighted by Crippen LogP contribution is 2.48. The Labute approximate surface area is 274 Å². The molecule has 0 N–H and O–H groups in total. The Bertz CT molecular complexity index is 2360. The number of hydrogen-bond acceptors (Lipinski definition) is 3. The first-order valence-electron chi connectivity index (χ1n) is 16.1. The van der Waals surface area contributed by atoms with Crippen LogP contribution in [0.1, 0.15) is 25.0 Å². The molecule has 4 heterocycles. The van der Waals surface area contributed by atoms with Crippen molar-refractivity contribution in [2.75, 3.05) is 4.90 Å². The third-order valence-corrected chi connectivity index (χ3v) is 9.65. The van der Waals surface area contributed by atoms with Crippen LogP contribution in [0.25, 0.3) is 50.0 Å². The molecule has 0 atom stereocenters. The minimum Gasteiger partial charge on any atom is -0.310 e. The lowest BCUT2D eigenvalue weighted by Gasteiger charge is -2.34. The molecule has 1 aliphatic rings. The summed E-state index contributed by atoms with van der Waals surface area (Å²) >= 11 is 0. The predicted octanol–water partition coefficient (Wildman–Crippen LogP) is 11.0. The van der Waals surface area contributed by atoms with Crippen LogP contribution in [0.5, 0.6) is 0 Å². The van der Waals surface area contributed by atoms with Gasteiger partial charge in [-0.05, 0) is 83.9 Å². The van der Waals surface area contributed by atoms with Crippen LogP contribution in [0.15, 0.2) is 158 Å². The number of anilines is 3. The van der Waals surface area contributed by atoms with Crippen LogP contribution in [0.3, 0.4) is 0 Å². The second-order valence-electron chi connectivity index (χ2n) is 12.7. The number of hydrogen-bond donors (Lipinski definition) is 0. The van der Waals surface area contributed by atoms with Gasteiger partial charge in [-0.25, -0.2) is 0 Å². The number of benzene rings is 5. The molecular weight excluding hydrogens is 573 g/mol. The summed E-state index contributed by atoms with van der Waals surface area (Å²) < 4.78 is 2.47. The summed E-state index contributed by atoms with van der Waals surface area (Å²) in [4.78, 5) is 11.7. The van der Waals surface area contributed by atoms with Gasteiger partial charge in [-0.1, -0.05) is 86.6 Å². The van der Waals surface area contributed by atoms with Gasteiger partial charge < -0.3 is 9.47 Å². The highest BCUT2D eigenvalue weighted by atomic mass is 15.1. The molecule has 0 saturated heterocycles. The minimum atomic E-state index is -0.104. The van der Waals surface area contributed by atoms with Gasteiger partial charge in [0.15, 0.2) is 0 Å². The van der Waals surface area contributed by atoms with Crippen molar-refractivity contribution < 1.29 is 0 Å². The van der Waals surface area contributed by atoms with E-state index < -0.39 is 0 Å². The summed E-state index contributed by atoms with van der Waals surface area (Å²) in [7, 11) is 0. The first kappa shape index (κ1) is 27.3. The first-order chi connectivity index (χ1) is 23.1. The van der Waals surface area contributed by atoms with E-state index in [0.29, 0.717) is 0 Å². The molecule has 0 radical (unpaired) electrons. The summed E-state index contributed by atoms with van der Waals surface area (Å²) in [6.45, 7) is 4.69. The molecule has 0 unspecified atom stereocenters. The van der Waals surface area contributed by atoms with Gasteiger partial charge in [-0.3, -0.25) is 9.97 Å². The van der Waals surface area contributed by atoms with E-state index >= 15 is 0 Å². The fraction of sp³-hybridized carbons (Fsp3) is 0.0698. The van der Waals surface area contributed by atoms with Gasteiger partial charge in [0.25, 0.3) is 0 Å². The van der Waals surface area contributed by atoms with Gasteiger partial charge >= 0.3 is 0 Å². The number of fused-ring (bicyclic) bond motifs is 5. The second kappa shape index (κ2) is 10.5. The molecule has 0 amide bonds. The van der Waals surface area contributed by atoms with Crippen molar-refractivity contribution in [1.29, 1.82) is 0 Å². The number of aromatic nitrogens is 3. The maximum atomic E-state index is 4.65. The fourth-order valence-electron chi connectivity index (χ4n) is 7.42. The molecule has 0 spiro atoms. The third-order valence-electron chi connectivity index (χ3n) is 9.65. The topological polar surface area (TPSA) is 34.0 Å². The van der Waals surface area contributed by atoms with Crippen molar-refractivity contribution >= 4 is 38.9 Å². The molecular formula is C43H32N4. The van der Waals surface area contributed by atoms with E-state index in [9.17, 15) is 0 Å². The normalized spacial score (nSPS) is 13.1. The van der Waals surface area contributed by atoms with Crippen LogP contribution < -0.4 is 4.90 Å². The van der Waals surface area contributed by atoms with Crippen LogP contribution in [0.4, 0.5) is 17.1 Å². The van der Waals surface area contributed by atoms with Crippen molar-refractivity contribution in [2.45, 2.75) is 19.3 Å². The van der Waals surface area contributed by atoms with Crippen molar-refractivity contribution in [1.82, 2.24) is 14.5 Å². The Hall–Kier alpha value is -6.00. The average Bonchev–Trinajstić information content (AvgIpc) is 3.46. The van der Waals surface area contributed by atoms with Crippen LogP contribution in [0.2, 0.25) is 0 Å². The highest BCUT2D eigenvalue weighted by molar-refractivity contribution is 6.12. The number of nitrogens with zero attached hydrogens (tertiary/aromatic N) is 4. The molecule has 0 aliphatic carbocycles. The highest BCUT2D eigenvalue weighted by Gasteiger charge is 2.34. The number of para-hydroxylation sites is 2. The third kappa shape index (κ3) is 4.29. The SMILES string of the molecule is CC1(C)c2ccccc2-n2c3ccc(N(c4cccc(-c5ccccn5)c4)c4cccc(-c5ccccn5)c4)cc3c3cccc1c32. The number of pyridine rings is 2. The summed E-state index contributed by atoms with van der Waals surface area (Å²) in [5.41, 5.74) is 13.6. The molecule has 224 valence electrons. The van der Waals surface area contributed by atoms with Crippen molar-refractivity contribution in [3.8, 4) is 28.2 Å². The smallest absolute Gasteiger partial charge is 0.0702 e. The Kier molecular flexibility index (Phi) is 6.12. The summed E-state index contributed by atoms with van der Waals surface area (Å²) in [5, 5.41) is 2.50. The molecule has 0 saturated carbocycles. The molecule has 4 nitrogen and oxygen atoms in total. The zero-order chi connectivity index (χ0) is 31.5. The van der Waals surface area contributed by atoms with Gasteiger partial charge in [-0.15, -0.1) is 0 Å². The van der Waals surface area contributed by atoms with E-state index in [2.05, 4.69) is 155 Å². The van der Waals surface area contributed by atoms with Gasteiger partial charge in [0.05, 0.1) is 28.1 Å². The quantitative estimate of drug-likeness (QED) is 0.196. The van der Waals surface area contributed by atoms with Gasteiger partial charge in [0.1, 0.15) is 0 Å². The van der Waals surface area contributed by atoms with E-state index in [0.717, 1.165) is 39.6 Å². The van der Waals surface area contributed by atoms with Crippen LogP contribution >= 0.6 is 0 Å². The Morgan fingerprint density at radius 2 is 1.11 bits per heavy atom. The molecule has 8 aromatic rings. The molecule has 4 heteroatoms. The van der Waals surface area contributed by atoms with E-state index in [1.807, 2.05) is 36.7 Å². The van der Waals surface area contributed by atoms with Crippen LogP contribution in [-0.4, -0.2) is 14.5 Å². The Balaban J connectivity index is 1.29. The van der Waals surface area contributed by atoms with Crippen molar-refractivity contribution in [2.24, 2.45) is 0 Å². The Morgan fingerprint density at radius 3 is 1.77 bits per heavy atom. The molecule has 3 aromatic heterocycles. The summed E-state index contributed by atoms with van der Waals surface area (Å²) in [6.07, 6.45) is 3.69. The molecule has 1 aliphatic heterocycles. The summed E-state index contributed by atoms with van der Waals surface area (Å²) in [6, 6.07) is 52.0. The molecule has 9 rings (SSSR count). The molecule has 0 fully saturated rings. The summed E-state index contributed by atoms with van der Waals surface area (Å²) in [5.74, 6) is 0. The predicted molar refractivity (Wildman–Crippen MR) is 194 cm³/mol. The lowest BCUT2D eigenvalue weighted by molar-refractivity contribution is 0.630. The molecule has 5 aromatic carbocycles. The fourth-order valence-corrected chi connectivity index (χ4v) is 7.42. The first-order valence-corrected chi connectivity index (χ1v) is 16.1. The maximum absolute atomic E-state index is 4.65. The maximum Gasteiger partial charge on any atom is 0.0702 e. The van der Waals surface area contributed by atoms with Crippen molar-refractivity contribution in [3.05, 3.63) is 169 Å². The molecule has 47 heavy (non-hydrogen) atoms. The van der Waals surface area contributed by atoms with Gasteiger partial charge in [0, 0.05) is 56.8 Å². The molecule has 0 bridgehead atoms. The minimum absolute atomic E-state index is 0.104. The van der Waals surface area contributed by atoms with E-state index in [-0.39, 0.29) is 5.41 Å². The second-order valence-corrected chi connectivity index (χ2v) is 12.7. The average molecular weight is 605 g/mol. The zero-order valence-electron chi connectivity index (χ0n) is 26.3. The lowest BCUT2D eigenvalue weighted by Crippen LogP contribution is -2.26. The standard InChI is InChI=1S/C43H32N4/c1-43(2)36-17-3-4-21-41(36)47-40-23-22-33(28-35(40)34-16-11-18-37(43)42(34)47)46(31-14-9-12-29(26-31)38-19-5-7-24-44-38)32-15-10-13-30(27-32)39-20-6-8-25-45-39/h3-28H,1-2H3. The Morgan fingerprint density at radius 1 is 0.511 bits per heavy atom.